The van der Waals surface area contributed by atoms with Crippen LogP contribution in [0.15, 0.2) is 91.0 Å². The highest BCUT2D eigenvalue weighted by Gasteiger charge is 2.64. The van der Waals surface area contributed by atoms with Crippen LogP contribution in [0.2, 0.25) is 0 Å². The monoisotopic (exact) mass is 791 g/mol. The van der Waals surface area contributed by atoms with Crippen LogP contribution in [0.4, 0.5) is 8.78 Å². The van der Waals surface area contributed by atoms with Crippen molar-refractivity contribution in [2.75, 3.05) is 86.2 Å². The first kappa shape index (κ1) is 43.0. The summed E-state index contributed by atoms with van der Waals surface area (Å²) in [6, 6.07) is 26.3. The Morgan fingerprint density at radius 2 is 1.19 bits per heavy atom. The van der Waals surface area contributed by atoms with Crippen LogP contribution in [-0.4, -0.2) is 115 Å². The Morgan fingerprint density at radius 1 is 0.737 bits per heavy atom. The molecule has 57 heavy (non-hydrogen) atoms. The Hall–Kier alpha value is -3.58. The van der Waals surface area contributed by atoms with E-state index < -0.39 is 28.8 Å². The van der Waals surface area contributed by atoms with Gasteiger partial charge < -0.3 is 28.4 Å². The molecule has 0 aromatic heterocycles. The van der Waals surface area contributed by atoms with Crippen LogP contribution in [-0.2, 0) is 43.4 Å². The van der Waals surface area contributed by atoms with Crippen molar-refractivity contribution in [1.29, 1.82) is 0 Å². The lowest BCUT2D eigenvalue weighted by molar-refractivity contribution is -0.200. The first-order valence-electron chi connectivity index (χ1n) is 20.5. The quantitative estimate of drug-likeness (QED) is 0.0724. The molecule has 4 aliphatic carbocycles. The molecular formula is C46H59F2NO8. The number of rotatable bonds is 19. The third-order valence-electron chi connectivity index (χ3n) is 12.2. The van der Waals surface area contributed by atoms with Gasteiger partial charge in [0, 0.05) is 38.6 Å². The average Bonchev–Trinajstić information content (AvgIpc) is 3.23. The van der Waals surface area contributed by atoms with Crippen molar-refractivity contribution in [3.63, 3.8) is 0 Å². The minimum Gasteiger partial charge on any atom is -0.456 e. The number of carbonyl (C=O) groups is 2. The van der Waals surface area contributed by atoms with E-state index in [2.05, 4.69) is 4.90 Å². The minimum absolute atomic E-state index is 0.137. The Labute approximate surface area is 336 Å². The maximum Gasteiger partial charge on any atom is 0.312 e. The number of ether oxygens (including phenoxy) is 6. The molecule has 3 aromatic rings. The third kappa shape index (κ3) is 10.0. The van der Waals surface area contributed by atoms with E-state index in [-0.39, 0.29) is 17.6 Å². The van der Waals surface area contributed by atoms with E-state index in [1.165, 1.54) is 6.92 Å². The molecular weight excluding hydrogens is 733 g/mol. The molecule has 0 radical (unpaired) electrons. The average molecular weight is 792 g/mol. The Kier molecular flexibility index (Phi) is 15.4. The molecule has 3 unspecified atom stereocenters. The highest BCUT2D eigenvalue weighted by atomic mass is 19.3. The molecule has 1 saturated heterocycles. The van der Waals surface area contributed by atoms with Crippen molar-refractivity contribution >= 4 is 11.8 Å². The van der Waals surface area contributed by atoms with E-state index in [0.29, 0.717) is 81.5 Å². The second kappa shape index (κ2) is 20.4. The van der Waals surface area contributed by atoms with E-state index in [1.54, 1.807) is 98.1 Å². The third-order valence-corrected chi connectivity index (χ3v) is 12.2. The summed E-state index contributed by atoms with van der Waals surface area (Å²) in [6.07, 6.45) is 1.41. The highest BCUT2D eigenvalue weighted by molar-refractivity contribution is 5.89. The van der Waals surface area contributed by atoms with Gasteiger partial charge >= 0.3 is 11.9 Å². The summed E-state index contributed by atoms with van der Waals surface area (Å²) in [5.74, 6) is -3.81. The molecule has 1 aliphatic heterocycles. The van der Waals surface area contributed by atoms with E-state index in [9.17, 15) is 9.59 Å². The van der Waals surface area contributed by atoms with Crippen LogP contribution >= 0.6 is 0 Å². The van der Waals surface area contributed by atoms with Gasteiger partial charge in [-0.3, -0.25) is 14.5 Å². The number of morpholine rings is 1. The molecule has 11 heteroatoms. The SMILES string of the molecule is CC(OC(=O)C12CC3CC(C1)C(=O)C(C3)C2)C(F)(F)C(c1ccccc1)(c1ccccc1)c1ccccc1.COCCOCCOCCOCCN1CCOCC1. The van der Waals surface area contributed by atoms with E-state index >= 15 is 8.78 Å². The van der Waals surface area contributed by atoms with Crippen molar-refractivity contribution < 1.29 is 46.8 Å². The van der Waals surface area contributed by atoms with Crippen molar-refractivity contribution in [1.82, 2.24) is 4.90 Å². The molecule has 310 valence electrons. The largest absolute Gasteiger partial charge is 0.456 e. The molecule has 5 fully saturated rings. The minimum atomic E-state index is -3.51. The number of hydrogen-bond donors (Lipinski definition) is 0. The second-order valence-electron chi connectivity index (χ2n) is 15.8. The number of nitrogens with zero attached hydrogens (tertiary/aromatic N) is 1. The fraction of sp³-hybridized carbons (Fsp3) is 0.565. The normalized spacial score (nSPS) is 23.8. The summed E-state index contributed by atoms with van der Waals surface area (Å²) >= 11 is 0. The van der Waals surface area contributed by atoms with Gasteiger partial charge in [-0.05, 0) is 61.6 Å². The lowest BCUT2D eigenvalue weighted by atomic mass is 9.49. The van der Waals surface area contributed by atoms with E-state index in [4.69, 9.17) is 28.4 Å². The van der Waals surface area contributed by atoms with Crippen molar-refractivity contribution in [2.45, 2.75) is 56.5 Å². The summed E-state index contributed by atoms with van der Waals surface area (Å²) in [4.78, 5) is 28.7. The van der Waals surface area contributed by atoms with E-state index in [0.717, 1.165) is 52.3 Å². The van der Waals surface area contributed by atoms with Gasteiger partial charge in [0.1, 0.15) is 11.2 Å². The summed E-state index contributed by atoms with van der Waals surface area (Å²) in [7, 11) is 1.66. The Balaban J connectivity index is 0.000000245. The van der Waals surface area contributed by atoms with Crippen LogP contribution in [0.25, 0.3) is 0 Å². The molecule has 4 saturated carbocycles. The lowest BCUT2D eigenvalue weighted by Crippen LogP contribution is -2.58. The molecule has 1 heterocycles. The molecule has 9 nitrogen and oxygen atoms in total. The first-order valence-corrected chi connectivity index (χ1v) is 20.5. The number of carbonyl (C=O) groups excluding carboxylic acids is 2. The maximum absolute atomic E-state index is 17.3. The zero-order valence-electron chi connectivity index (χ0n) is 33.5. The summed E-state index contributed by atoms with van der Waals surface area (Å²) in [6.45, 7) is 10.5. The van der Waals surface area contributed by atoms with Gasteiger partial charge in [0.25, 0.3) is 0 Å². The second-order valence-corrected chi connectivity index (χ2v) is 15.8. The topological polar surface area (TPSA) is 92.8 Å². The van der Waals surface area contributed by atoms with Gasteiger partial charge in [-0.25, -0.2) is 8.78 Å². The Bertz CT molecular complexity index is 1560. The molecule has 5 aliphatic rings. The standard InChI is InChI=1S/C33H32F2O3.C13H27NO5/c1-22(38-30(37)31-19-23-17-24(20-31)29(36)25(18-23)21-31)33(34,35)32(26-11-5-2-6-12-26,27-13-7-3-8-14-27)28-15-9-4-10-16-28;1-15-8-9-18-12-13-19-11-10-17-7-4-14-2-5-16-6-3-14/h2-16,22-25H,17-21H2,1H3;2-13H2,1H3. The molecule has 0 spiro atoms. The fourth-order valence-corrected chi connectivity index (χ4v) is 9.51. The lowest BCUT2D eigenvalue weighted by Gasteiger charge is -2.54. The number of halogens is 2. The number of esters is 1. The zero-order chi connectivity index (χ0) is 40.1. The first-order chi connectivity index (χ1) is 27.7. The van der Waals surface area contributed by atoms with E-state index in [1.807, 2.05) is 0 Å². The van der Waals surface area contributed by atoms with Crippen LogP contribution < -0.4 is 0 Å². The number of benzene rings is 3. The van der Waals surface area contributed by atoms with Crippen molar-refractivity contribution in [3.05, 3.63) is 108 Å². The predicted octanol–water partition coefficient (Wildman–Crippen LogP) is 7.00. The van der Waals surface area contributed by atoms with Crippen molar-refractivity contribution in [2.24, 2.45) is 23.2 Å². The zero-order valence-corrected chi connectivity index (χ0v) is 33.5. The highest BCUT2D eigenvalue weighted by Crippen LogP contribution is 2.60. The van der Waals surface area contributed by atoms with Crippen LogP contribution in [0, 0.1) is 23.2 Å². The van der Waals surface area contributed by atoms with Crippen LogP contribution in [0.1, 0.15) is 55.7 Å². The predicted molar refractivity (Wildman–Crippen MR) is 212 cm³/mol. The molecule has 3 atom stereocenters. The summed E-state index contributed by atoms with van der Waals surface area (Å²) < 4.78 is 66.6. The van der Waals surface area contributed by atoms with Crippen LogP contribution in [0.3, 0.4) is 0 Å². The molecule has 3 aromatic carbocycles. The van der Waals surface area contributed by atoms with Gasteiger partial charge in [-0.15, -0.1) is 0 Å². The van der Waals surface area contributed by atoms with Gasteiger partial charge in [0.15, 0.2) is 6.10 Å². The maximum atomic E-state index is 17.3. The molecule has 4 bridgehead atoms. The Morgan fingerprint density at radius 3 is 1.67 bits per heavy atom. The molecule has 0 N–H and O–H groups in total. The molecule has 0 amide bonds. The smallest absolute Gasteiger partial charge is 0.312 e. The number of methoxy groups -OCH3 is 1. The number of alkyl halides is 2. The van der Waals surface area contributed by atoms with Gasteiger partial charge in [-0.2, -0.15) is 0 Å². The number of ketones is 1. The van der Waals surface area contributed by atoms with Gasteiger partial charge in [-0.1, -0.05) is 91.0 Å². The summed E-state index contributed by atoms with van der Waals surface area (Å²) in [5, 5.41) is 0. The van der Waals surface area contributed by atoms with Gasteiger partial charge in [0.2, 0.25) is 0 Å². The van der Waals surface area contributed by atoms with Gasteiger partial charge in [0.05, 0.1) is 64.9 Å². The molecule has 8 rings (SSSR count). The number of Topliss-reactive ketones (excluding diaryl/α,β-unsaturated/α-hetero) is 1. The fourth-order valence-electron chi connectivity index (χ4n) is 9.51. The van der Waals surface area contributed by atoms with Crippen molar-refractivity contribution in [3.8, 4) is 0 Å². The van der Waals surface area contributed by atoms with Crippen LogP contribution in [0.5, 0.6) is 0 Å². The summed E-state index contributed by atoms with van der Waals surface area (Å²) in [5.41, 5.74) is -1.46. The number of hydrogen-bond acceptors (Lipinski definition) is 9.